The molecule has 0 spiro atoms. The zero-order valence-corrected chi connectivity index (χ0v) is 8.68. The lowest BCUT2D eigenvalue weighted by molar-refractivity contribution is -0.144. The molecule has 0 aromatic heterocycles. The maximum Gasteiger partial charge on any atom is 0.322 e. The van der Waals surface area contributed by atoms with Crippen LogP contribution in [0.2, 0.25) is 0 Å². The lowest BCUT2D eigenvalue weighted by atomic mass is 10.1. The fourth-order valence-electron chi connectivity index (χ4n) is 0.843. The highest BCUT2D eigenvalue weighted by molar-refractivity contribution is 5.85. The van der Waals surface area contributed by atoms with Crippen molar-refractivity contribution in [3.63, 3.8) is 0 Å². The van der Waals surface area contributed by atoms with E-state index in [2.05, 4.69) is 0 Å². The average molecular weight is 212 g/mol. The molecule has 13 heavy (non-hydrogen) atoms. The Morgan fingerprint density at radius 3 is 2.62 bits per heavy atom. The fourth-order valence-corrected chi connectivity index (χ4v) is 0.843. The van der Waals surface area contributed by atoms with Crippen LogP contribution in [0.1, 0.15) is 26.2 Å². The molecule has 0 rings (SSSR count). The van der Waals surface area contributed by atoms with Gasteiger partial charge in [0.05, 0.1) is 6.61 Å². The smallest absolute Gasteiger partial charge is 0.322 e. The second-order valence-electron chi connectivity index (χ2n) is 2.58. The van der Waals surface area contributed by atoms with E-state index in [4.69, 9.17) is 15.6 Å². The van der Waals surface area contributed by atoms with E-state index in [9.17, 15) is 4.79 Å². The second kappa shape index (κ2) is 9.77. The average Bonchev–Trinajstić information content (AvgIpc) is 2.05. The molecule has 1 atom stereocenters. The minimum Gasteiger partial charge on any atom is -0.465 e. The summed E-state index contributed by atoms with van der Waals surface area (Å²) in [7, 11) is 0. The van der Waals surface area contributed by atoms with Crippen LogP contribution in [0, 0.1) is 0 Å². The minimum absolute atomic E-state index is 0. The molecule has 0 aliphatic carbocycles. The number of hydrogen-bond donors (Lipinski definition) is 2. The zero-order chi connectivity index (χ0) is 9.40. The normalized spacial score (nSPS) is 11.6. The van der Waals surface area contributed by atoms with Gasteiger partial charge in [-0.25, -0.2) is 0 Å². The van der Waals surface area contributed by atoms with Crippen molar-refractivity contribution in [3.05, 3.63) is 0 Å². The molecule has 0 bridgehead atoms. The predicted octanol–water partition coefficient (Wildman–Crippen LogP) is 0.461. The highest BCUT2D eigenvalue weighted by Gasteiger charge is 2.12. The Kier molecular flexibility index (Phi) is 11.4. The molecule has 0 radical (unpaired) electrons. The first kappa shape index (κ1) is 15.2. The van der Waals surface area contributed by atoms with Crippen LogP contribution < -0.4 is 5.73 Å². The largest absolute Gasteiger partial charge is 0.465 e. The van der Waals surface area contributed by atoms with E-state index >= 15 is 0 Å². The third kappa shape index (κ3) is 8.02. The summed E-state index contributed by atoms with van der Waals surface area (Å²) in [6.45, 7) is 2.26. The van der Waals surface area contributed by atoms with E-state index in [1.165, 1.54) is 0 Å². The van der Waals surface area contributed by atoms with Crippen LogP contribution in [0.4, 0.5) is 0 Å². The van der Waals surface area contributed by atoms with E-state index in [-0.39, 0.29) is 25.0 Å². The van der Waals surface area contributed by atoms with Gasteiger partial charge in [0, 0.05) is 6.61 Å². The highest BCUT2D eigenvalue weighted by Crippen LogP contribution is 1.99. The summed E-state index contributed by atoms with van der Waals surface area (Å²) >= 11 is 0. The molecule has 0 amide bonds. The van der Waals surface area contributed by atoms with Crippen LogP contribution in [-0.2, 0) is 9.53 Å². The molecule has 0 heterocycles. The number of carbonyl (C=O) groups excluding carboxylic acids is 1. The van der Waals surface area contributed by atoms with Gasteiger partial charge in [0.1, 0.15) is 6.04 Å². The van der Waals surface area contributed by atoms with Crippen LogP contribution in [0.3, 0.4) is 0 Å². The van der Waals surface area contributed by atoms with Crippen molar-refractivity contribution in [1.29, 1.82) is 0 Å². The van der Waals surface area contributed by atoms with Gasteiger partial charge in [-0.1, -0.05) is 0 Å². The Hall–Kier alpha value is -0.320. The quantitative estimate of drug-likeness (QED) is 0.495. The Labute approximate surface area is 84.9 Å². The SMILES string of the molecule is CCOC(=O)C(N)CCCCO.Cl. The first-order valence-electron chi connectivity index (χ1n) is 4.25. The monoisotopic (exact) mass is 211 g/mol. The van der Waals surface area contributed by atoms with Gasteiger partial charge >= 0.3 is 5.97 Å². The number of ether oxygens (including phenoxy) is 1. The lowest BCUT2D eigenvalue weighted by Gasteiger charge is -2.09. The molecule has 0 aromatic carbocycles. The number of rotatable bonds is 6. The summed E-state index contributed by atoms with van der Waals surface area (Å²) in [5, 5.41) is 8.46. The van der Waals surface area contributed by atoms with Crippen molar-refractivity contribution < 1.29 is 14.6 Å². The predicted molar refractivity (Wildman–Crippen MR) is 52.8 cm³/mol. The maximum atomic E-state index is 10.9. The van der Waals surface area contributed by atoms with Crippen LogP contribution in [0.5, 0.6) is 0 Å². The van der Waals surface area contributed by atoms with Crippen LogP contribution >= 0.6 is 12.4 Å². The second-order valence-corrected chi connectivity index (χ2v) is 2.58. The van der Waals surface area contributed by atoms with Gasteiger partial charge in [-0.3, -0.25) is 4.79 Å². The maximum absolute atomic E-state index is 10.9. The summed E-state index contributed by atoms with van der Waals surface area (Å²) in [4.78, 5) is 10.9. The number of aliphatic hydroxyl groups excluding tert-OH is 1. The van der Waals surface area contributed by atoms with Crippen LogP contribution in [-0.4, -0.2) is 30.3 Å². The Morgan fingerprint density at radius 1 is 1.54 bits per heavy atom. The van der Waals surface area contributed by atoms with Gasteiger partial charge in [-0.15, -0.1) is 12.4 Å². The number of esters is 1. The van der Waals surface area contributed by atoms with Crippen molar-refractivity contribution in [1.82, 2.24) is 0 Å². The highest BCUT2D eigenvalue weighted by atomic mass is 35.5. The minimum atomic E-state index is -0.531. The third-order valence-electron chi connectivity index (χ3n) is 1.51. The Morgan fingerprint density at radius 2 is 2.15 bits per heavy atom. The number of carbonyl (C=O) groups is 1. The van der Waals surface area contributed by atoms with E-state index < -0.39 is 6.04 Å². The van der Waals surface area contributed by atoms with E-state index in [0.29, 0.717) is 19.4 Å². The Balaban J connectivity index is 0. The van der Waals surface area contributed by atoms with Crippen molar-refractivity contribution in [2.24, 2.45) is 5.73 Å². The van der Waals surface area contributed by atoms with Crippen molar-refractivity contribution in [2.45, 2.75) is 32.2 Å². The van der Waals surface area contributed by atoms with Gasteiger partial charge in [0.2, 0.25) is 0 Å². The van der Waals surface area contributed by atoms with Crippen LogP contribution in [0.25, 0.3) is 0 Å². The molecular weight excluding hydrogens is 194 g/mol. The summed E-state index contributed by atoms with van der Waals surface area (Å²) in [6.07, 6.45) is 2.03. The van der Waals surface area contributed by atoms with Gasteiger partial charge in [-0.05, 0) is 26.2 Å². The van der Waals surface area contributed by atoms with Gasteiger partial charge in [0.25, 0.3) is 0 Å². The van der Waals surface area contributed by atoms with Gasteiger partial charge in [-0.2, -0.15) is 0 Å². The molecule has 0 aliphatic rings. The number of halogens is 1. The number of aliphatic hydroxyl groups is 1. The molecule has 80 valence electrons. The topological polar surface area (TPSA) is 72.5 Å². The molecule has 1 unspecified atom stereocenters. The standard InChI is InChI=1S/C8H17NO3.ClH/c1-2-12-8(11)7(9)5-3-4-6-10;/h7,10H,2-6,9H2,1H3;1H. The summed E-state index contributed by atoms with van der Waals surface area (Å²) in [6, 6.07) is -0.531. The molecule has 5 heteroatoms. The fraction of sp³-hybridized carbons (Fsp3) is 0.875. The first-order valence-corrected chi connectivity index (χ1v) is 4.25. The molecular formula is C8H18ClNO3. The van der Waals surface area contributed by atoms with Crippen molar-refractivity contribution in [2.75, 3.05) is 13.2 Å². The van der Waals surface area contributed by atoms with E-state index in [1.807, 2.05) is 0 Å². The van der Waals surface area contributed by atoms with E-state index in [1.54, 1.807) is 6.92 Å². The molecule has 0 saturated carbocycles. The summed E-state index contributed by atoms with van der Waals surface area (Å²) < 4.78 is 4.71. The van der Waals surface area contributed by atoms with Gasteiger partial charge < -0.3 is 15.6 Å². The molecule has 3 N–H and O–H groups in total. The van der Waals surface area contributed by atoms with E-state index in [0.717, 1.165) is 6.42 Å². The van der Waals surface area contributed by atoms with Crippen LogP contribution in [0.15, 0.2) is 0 Å². The summed E-state index contributed by atoms with van der Waals surface area (Å²) in [5.74, 6) is -0.351. The molecule has 4 nitrogen and oxygen atoms in total. The zero-order valence-electron chi connectivity index (χ0n) is 7.86. The van der Waals surface area contributed by atoms with Gasteiger partial charge in [0.15, 0.2) is 0 Å². The number of unbranched alkanes of at least 4 members (excludes halogenated alkanes) is 1. The Bertz CT molecular complexity index is 133. The molecule has 0 saturated heterocycles. The summed E-state index contributed by atoms with van der Waals surface area (Å²) in [5.41, 5.74) is 5.49. The third-order valence-corrected chi connectivity index (χ3v) is 1.51. The van der Waals surface area contributed by atoms with Crippen molar-refractivity contribution >= 4 is 18.4 Å². The number of nitrogens with two attached hydrogens (primary N) is 1. The molecule has 0 aliphatic heterocycles. The molecule has 0 aromatic rings. The lowest BCUT2D eigenvalue weighted by Crippen LogP contribution is -2.32. The molecule has 0 fully saturated rings. The van der Waals surface area contributed by atoms with Crippen molar-refractivity contribution in [3.8, 4) is 0 Å². The first-order chi connectivity index (χ1) is 5.72. The number of hydrogen-bond acceptors (Lipinski definition) is 4.